The molecule has 26 heavy (non-hydrogen) atoms. The number of benzene rings is 1. The number of imidazole rings is 1. The molecule has 0 atom stereocenters. The van der Waals surface area contributed by atoms with Gasteiger partial charge in [0.2, 0.25) is 0 Å². The minimum Gasteiger partial charge on any atom is -0.337 e. The minimum absolute atomic E-state index is 0.183. The van der Waals surface area contributed by atoms with Gasteiger partial charge in [-0.2, -0.15) is 0 Å². The molecule has 0 fully saturated rings. The van der Waals surface area contributed by atoms with Crippen molar-refractivity contribution in [3.63, 3.8) is 0 Å². The van der Waals surface area contributed by atoms with Gasteiger partial charge in [0.05, 0.1) is 5.69 Å². The van der Waals surface area contributed by atoms with Gasteiger partial charge in [0.15, 0.2) is 0 Å². The van der Waals surface area contributed by atoms with E-state index in [1.165, 1.54) is 16.5 Å². The van der Waals surface area contributed by atoms with Crippen molar-refractivity contribution in [1.29, 1.82) is 0 Å². The Morgan fingerprint density at radius 2 is 1.96 bits per heavy atom. The van der Waals surface area contributed by atoms with Crippen molar-refractivity contribution in [2.24, 2.45) is 0 Å². The second kappa shape index (κ2) is 8.40. The minimum atomic E-state index is -0.183. The molecule has 2 aromatic heterocycles. The smallest absolute Gasteiger partial charge is 0.326 e. The zero-order chi connectivity index (χ0) is 18.4. The summed E-state index contributed by atoms with van der Waals surface area (Å²) in [4.78, 5) is 23.0. The van der Waals surface area contributed by atoms with Crippen LogP contribution < -0.4 is 5.32 Å². The molecule has 3 aromatic rings. The normalized spacial score (nSPS) is 10.9. The van der Waals surface area contributed by atoms with Crippen LogP contribution in [0, 0.1) is 0 Å². The van der Waals surface area contributed by atoms with Gasteiger partial charge in [0.25, 0.3) is 0 Å². The molecule has 134 valence electrons. The van der Waals surface area contributed by atoms with Crippen molar-refractivity contribution in [2.45, 2.75) is 13.0 Å². The van der Waals surface area contributed by atoms with Crippen molar-refractivity contribution in [2.75, 3.05) is 20.6 Å². The molecular weight excluding hydrogens is 326 g/mol. The van der Waals surface area contributed by atoms with Crippen LogP contribution in [0.2, 0.25) is 0 Å². The number of hydrogen-bond donors (Lipinski definition) is 1. The molecule has 0 aliphatic rings. The number of nitrogens with zero attached hydrogens (tertiary/aromatic N) is 4. The largest absolute Gasteiger partial charge is 0.337 e. The van der Waals surface area contributed by atoms with Gasteiger partial charge < -0.3 is 10.2 Å². The van der Waals surface area contributed by atoms with Crippen molar-refractivity contribution in [1.82, 2.24) is 24.8 Å². The Balaban J connectivity index is 1.61. The van der Waals surface area contributed by atoms with Crippen molar-refractivity contribution >= 4 is 6.03 Å². The summed E-state index contributed by atoms with van der Waals surface area (Å²) in [7, 11) is 4.03. The van der Waals surface area contributed by atoms with Crippen LogP contribution in [0.5, 0.6) is 0 Å². The zero-order valence-electron chi connectivity index (χ0n) is 15.1. The molecule has 0 unspecified atom stereocenters. The Hall–Kier alpha value is -2.99. The Morgan fingerprint density at radius 3 is 2.73 bits per heavy atom. The van der Waals surface area contributed by atoms with Gasteiger partial charge in [-0.3, -0.25) is 9.55 Å². The molecule has 1 aromatic carbocycles. The van der Waals surface area contributed by atoms with E-state index in [2.05, 4.69) is 32.3 Å². The molecule has 6 heteroatoms. The lowest BCUT2D eigenvalue weighted by Crippen LogP contribution is -2.29. The average molecular weight is 349 g/mol. The summed E-state index contributed by atoms with van der Waals surface area (Å²) >= 11 is 0. The standard InChI is InChI=1S/C20H23N5O/c1-24(2)13-17-10-18(12-21-11-17)19-14-25(15-23-19)20(26)22-9-8-16-6-4-3-5-7-16/h3-7,10-12,14-15H,8-9,13H2,1-2H3,(H,22,26). The third-order valence-corrected chi connectivity index (χ3v) is 3.94. The maximum Gasteiger partial charge on any atom is 0.326 e. The lowest BCUT2D eigenvalue weighted by Gasteiger charge is -2.09. The van der Waals surface area contributed by atoms with Crippen molar-refractivity contribution in [3.8, 4) is 11.3 Å². The third-order valence-electron chi connectivity index (χ3n) is 3.94. The van der Waals surface area contributed by atoms with E-state index in [4.69, 9.17) is 0 Å². The first-order chi connectivity index (χ1) is 12.6. The molecule has 0 bridgehead atoms. The van der Waals surface area contributed by atoms with Gasteiger partial charge in [0.1, 0.15) is 6.33 Å². The Labute approximate surface area is 153 Å². The van der Waals surface area contributed by atoms with E-state index in [1.807, 2.05) is 44.6 Å². The number of nitrogens with one attached hydrogen (secondary N) is 1. The molecule has 3 rings (SSSR count). The Kier molecular flexibility index (Phi) is 5.76. The predicted molar refractivity (Wildman–Crippen MR) is 102 cm³/mol. The number of amides is 1. The number of hydrogen-bond acceptors (Lipinski definition) is 4. The lowest BCUT2D eigenvalue weighted by atomic mass is 10.1. The first-order valence-corrected chi connectivity index (χ1v) is 8.57. The van der Waals surface area contributed by atoms with Crippen LogP contribution in [0.4, 0.5) is 4.79 Å². The van der Waals surface area contributed by atoms with Crippen LogP contribution >= 0.6 is 0 Å². The fourth-order valence-corrected chi connectivity index (χ4v) is 2.71. The topological polar surface area (TPSA) is 63.1 Å². The summed E-state index contributed by atoms with van der Waals surface area (Å²) in [6.07, 6.45) is 7.67. The molecule has 0 spiro atoms. The van der Waals surface area contributed by atoms with Gasteiger partial charge in [-0.1, -0.05) is 30.3 Å². The highest BCUT2D eigenvalue weighted by atomic mass is 16.2. The fraction of sp³-hybridized carbons (Fsp3) is 0.250. The highest BCUT2D eigenvalue weighted by Gasteiger charge is 2.09. The summed E-state index contributed by atoms with van der Waals surface area (Å²) in [5.41, 5.74) is 3.94. The SMILES string of the molecule is CN(C)Cc1cncc(-c2cn(C(=O)NCCc3ccccc3)cn2)c1. The van der Waals surface area contributed by atoms with Gasteiger partial charge in [0, 0.05) is 37.2 Å². The zero-order valence-corrected chi connectivity index (χ0v) is 15.1. The number of aromatic nitrogens is 3. The van der Waals surface area contributed by atoms with E-state index in [-0.39, 0.29) is 6.03 Å². The average Bonchev–Trinajstić information content (AvgIpc) is 3.12. The van der Waals surface area contributed by atoms with E-state index in [9.17, 15) is 4.79 Å². The molecule has 0 saturated carbocycles. The molecule has 1 N–H and O–H groups in total. The summed E-state index contributed by atoms with van der Waals surface area (Å²) in [6, 6.07) is 11.9. The van der Waals surface area contributed by atoms with Crippen LogP contribution in [0.3, 0.4) is 0 Å². The summed E-state index contributed by atoms with van der Waals surface area (Å²) in [5, 5.41) is 2.91. The molecule has 1 amide bonds. The first kappa shape index (κ1) is 17.8. The molecule has 6 nitrogen and oxygen atoms in total. The van der Waals surface area contributed by atoms with Gasteiger partial charge >= 0.3 is 6.03 Å². The molecule has 0 saturated heterocycles. The van der Waals surface area contributed by atoms with E-state index in [0.29, 0.717) is 6.54 Å². The first-order valence-electron chi connectivity index (χ1n) is 8.57. The van der Waals surface area contributed by atoms with E-state index in [0.717, 1.165) is 29.8 Å². The molecular formula is C20H23N5O. The van der Waals surface area contributed by atoms with Gasteiger partial charge in [-0.15, -0.1) is 0 Å². The molecule has 0 radical (unpaired) electrons. The van der Waals surface area contributed by atoms with Gasteiger partial charge in [-0.25, -0.2) is 9.78 Å². The number of carbonyl (C=O) groups is 1. The number of carbonyl (C=O) groups excluding carboxylic acids is 1. The van der Waals surface area contributed by atoms with Crippen molar-refractivity contribution in [3.05, 3.63) is 72.4 Å². The van der Waals surface area contributed by atoms with Crippen LogP contribution in [-0.2, 0) is 13.0 Å². The quantitative estimate of drug-likeness (QED) is 0.743. The van der Waals surface area contributed by atoms with Crippen LogP contribution in [0.1, 0.15) is 11.1 Å². The highest BCUT2D eigenvalue weighted by Crippen LogP contribution is 2.17. The molecule has 0 aliphatic carbocycles. The van der Waals surface area contributed by atoms with Crippen LogP contribution in [0.15, 0.2) is 61.3 Å². The monoisotopic (exact) mass is 349 g/mol. The van der Waals surface area contributed by atoms with Crippen LogP contribution in [-0.4, -0.2) is 46.1 Å². The maximum atomic E-state index is 12.3. The Bertz CT molecular complexity index is 857. The van der Waals surface area contributed by atoms with E-state index >= 15 is 0 Å². The van der Waals surface area contributed by atoms with Crippen molar-refractivity contribution < 1.29 is 4.79 Å². The van der Waals surface area contributed by atoms with E-state index in [1.54, 1.807) is 12.4 Å². The number of pyridine rings is 1. The second-order valence-electron chi connectivity index (χ2n) is 6.45. The van der Waals surface area contributed by atoms with E-state index < -0.39 is 0 Å². The molecule has 0 aliphatic heterocycles. The second-order valence-corrected chi connectivity index (χ2v) is 6.45. The highest BCUT2D eigenvalue weighted by molar-refractivity contribution is 5.77. The van der Waals surface area contributed by atoms with Gasteiger partial charge in [-0.05, 0) is 37.7 Å². The summed E-state index contributed by atoms with van der Waals surface area (Å²) < 4.78 is 1.47. The lowest BCUT2D eigenvalue weighted by molar-refractivity contribution is 0.242. The fourth-order valence-electron chi connectivity index (χ4n) is 2.71. The number of rotatable bonds is 6. The molecule has 2 heterocycles. The maximum absolute atomic E-state index is 12.3. The Morgan fingerprint density at radius 1 is 1.15 bits per heavy atom. The summed E-state index contributed by atoms with van der Waals surface area (Å²) in [6.45, 7) is 1.39. The predicted octanol–water partition coefficient (Wildman–Crippen LogP) is 2.81. The van der Waals surface area contributed by atoms with Crippen LogP contribution in [0.25, 0.3) is 11.3 Å². The third kappa shape index (κ3) is 4.77. The summed E-state index contributed by atoms with van der Waals surface area (Å²) in [5.74, 6) is 0.